The number of aliphatic hydroxyl groups excluding tert-OH is 1. The topological polar surface area (TPSA) is 66.5 Å². The molecule has 1 atom stereocenters. The Hall–Kier alpha value is -0.100. The molecule has 0 saturated carbocycles. The van der Waals surface area contributed by atoms with Crippen molar-refractivity contribution < 1.29 is 10.2 Å². The van der Waals surface area contributed by atoms with E-state index in [1.54, 1.807) is 12.1 Å². The number of aliphatic hydroxyl groups is 1. The van der Waals surface area contributed by atoms with E-state index in [1.165, 1.54) is 0 Å². The summed E-state index contributed by atoms with van der Waals surface area (Å²) < 4.78 is 1.36. The quantitative estimate of drug-likeness (QED) is 0.782. The van der Waals surface area contributed by atoms with Gasteiger partial charge in [-0.25, -0.2) is 0 Å². The van der Waals surface area contributed by atoms with Crippen molar-refractivity contribution >= 4 is 31.9 Å². The van der Waals surface area contributed by atoms with Gasteiger partial charge in [0.2, 0.25) is 0 Å². The predicted octanol–water partition coefficient (Wildman–Crippen LogP) is 1.91. The average molecular weight is 311 g/mol. The van der Waals surface area contributed by atoms with Gasteiger partial charge in [0.25, 0.3) is 0 Å². The van der Waals surface area contributed by atoms with E-state index >= 15 is 0 Å². The standard InChI is InChI=1S/C8H9Br2NO2/c9-4-1-5(7(11)3-12)8(13)6(10)2-4/h1-2,7,12-13H,3,11H2/t7-/m1/s1. The number of benzene rings is 1. The summed E-state index contributed by atoms with van der Waals surface area (Å²) in [6, 6.07) is 2.83. The third kappa shape index (κ3) is 2.43. The maximum Gasteiger partial charge on any atom is 0.134 e. The van der Waals surface area contributed by atoms with Gasteiger partial charge in [-0.2, -0.15) is 0 Å². The highest BCUT2D eigenvalue weighted by Crippen LogP contribution is 2.34. The Morgan fingerprint density at radius 3 is 2.54 bits per heavy atom. The van der Waals surface area contributed by atoms with E-state index < -0.39 is 6.04 Å². The number of hydrogen-bond donors (Lipinski definition) is 3. The molecule has 5 heteroatoms. The van der Waals surface area contributed by atoms with E-state index in [2.05, 4.69) is 31.9 Å². The summed E-state index contributed by atoms with van der Waals surface area (Å²) in [6.45, 7) is -0.198. The van der Waals surface area contributed by atoms with Crippen LogP contribution in [-0.4, -0.2) is 16.8 Å². The third-order valence-corrected chi connectivity index (χ3v) is 2.72. The highest BCUT2D eigenvalue weighted by Gasteiger charge is 2.13. The maximum atomic E-state index is 9.56. The lowest BCUT2D eigenvalue weighted by Crippen LogP contribution is -2.14. The minimum atomic E-state index is -0.561. The first-order valence-corrected chi connectivity index (χ1v) is 5.19. The fourth-order valence-electron chi connectivity index (χ4n) is 0.967. The minimum absolute atomic E-state index is 0.0738. The van der Waals surface area contributed by atoms with Crippen LogP contribution in [0.1, 0.15) is 11.6 Å². The van der Waals surface area contributed by atoms with Gasteiger partial charge in [0.1, 0.15) is 5.75 Å². The van der Waals surface area contributed by atoms with Crippen LogP contribution >= 0.6 is 31.9 Å². The zero-order valence-electron chi connectivity index (χ0n) is 6.67. The fourth-order valence-corrected chi connectivity index (χ4v) is 2.23. The van der Waals surface area contributed by atoms with Crippen LogP contribution in [-0.2, 0) is 0 Å². The number of halogens is 2. The third-order valence-electron chi connectivity index (χ3n) is 1.65. The normalized spacial score (nSPS) is 12.9. The van der Waals surface area contributed by atoms with Crippen LogP contribution in [0.4, 0.5) is 0 Å². The van der Waals surface area contributed by atoms with Gasteiger partial charge in [-0.15, -0.1) is 0 Å². The first kappa shape index (κ1) is 11.0. The molecular weight excluding hydrogens is 302 g/mol. The van der Waals surface area contributed by atoms with E-state index in [9.17, 15) is 5.11 Å². The second-order valence-corrected chi connectivity index (χ2v) is 4.38. The Bertz CT molecular complexity index is 317. The van der Waals surface area contributed by atoms with Crippen LogP contribution in [0.2, 0.25) is 0 Å². The number of nitrogens with two attached hydrogens (primary N) is 1. The number of hydrogen-bond acceptors (Lipinski definition) is 3. The fraction of sp³-hybridized carbons (Fsp3) is 0.250. The molecule has 0 aliphatic heterocycles. The van der Waals surface area contributed by atoms with Crippen molar-refractivity contribution in [3.63, 3.8) is 0 Å². The average Bonchev–Trinajstić information content (AvgIpc) is 2.10. The molecule has 0 amide bonds. The monoisotopic (exact) mass is 309 g/mol. The minimum Gasteiger partial charge on any atom is -0.506 e. The molecule has 0 aliphatic rings. The molecule has 3 nitrogen and oxygen atoms in total. The molecule has 4 N–H and O–H groups in total. The smallest absolute Gasteiger partial charge is 0.134 e. The molecule has 0 radical (unpaired) electrons. The largest absolute Gasteiger partial charge is 0.506 e. The van der Waals surface area contributed by atoms with Gasteiger partial charge in [-0.3, -0.25) is 0 Å². The Morgan fingerprint density at radius 2 is 2.00 bits per heavy atom. The first-order valence-electron chi connectivity index (χ1n) is 3.60. The van der Waals surface area contributed by atoms with Crippen molar-refractivity contribution in [3.8, 4) is 5.75 Å². The molecule has 0 saturated heterocycles. The molecule has 1 aromatic carbocycles. The van der Waals surface area contributed by atoms with Crippen molar-refractivity contribution in [2.45, 2.75) is 6.04 Å². The molecule has 0 aliphatic carbocycles. The summed E-state index contributed by atoms with van der Waals surface area (Å²) in [5.41, 5.74) is 6.10. The SMILES string of the molecule is N[C@H](CO)c1cc(Br)cc(Br)c1O. The summed E-state index contributed by atoms with van der Waals surface area (Å²) in [5, 5.41) is 18.4. The first-order chi connectivity index (χ1) is 6.06. The van der Waals surface area contributed by atoms with E-state index in [1.807, 2.05) is 0 Å². The van der Waals surface area contributed by atoms with Crippen LogP contribution < -0.4 is 5.73 Å². The predicted molar refractivity (Wildman–Crippen MR) is 57.5 cm³/mol. The Balaban J connectivity index is 3.20. The molecule has 0 bridgehead atoms. The molecule has 0 unspecified atom stereocenters. The molecule has 0 spiro atoms. The van der Waals surface area contributed by atoms with E-state index in [-0.39, 0.29) is 12.4 Å². The maximum absolute atomic E-state index is 9.56. The van der Waals surface area contributed by atoms with Crippen LogP contribution in [0, 0.1) is 0 Å². The summed E-state index contributed by atoms with van der Waals surface area (Å²) in [6.07, 6.45) is 0. The lowest BCUT2D eigenvalue weighted by atomic mass is 10.1. The molecule has 72 valence electrons. The van der Waals surface area contributed by atoms with Crippen molar-refractivity contribution in [2.75, 3.05) is 6.61 Å². The van der Waals surface area contributed by atoms with E-state index in [4.69, 9.17) is 10.8 Å². The molecular formula is C8H9Br2NO2. The van der Waals surface area contributed by atoms with Gasteiger partial charge in [0.15, 0.2) is 0 Å². The molecule has 0 heterocycles. The number of phenolic OH excluding ortho intramolecular Hbond substituents is 1. The molecule has 13 heavy (non-hydrogen) atoms. The van der Waals surface area contributed by atoms with Gasteiger partial charge in [-0.05, 0) is 28.1 Å². The second-order valence-electron chi connectivity index (χ2n) is 2.61. The molecule has 0 aromatic heterocycles. The molecule has 0 fully saturated rings. The van der Waals surface area contributed by atoms with Gasteiger partial charge >= 0.3 is 0 Å². The van der Waals surface area contributed by atoms with Gasteiger partial charge in [0.05, 0.1) is 17.1 Å². The zero-order valence-corrected chi connectivity index (χ0v) is 9.84. The van der Waals surface area contributed by atoms with Gasteiger partial charge in [-0.1, -0.05) is 15.9 Å². The van der Waals surface area contributed by atoms with Crippen LogP contribution in [0.3, 0.4) is 0 Å². The number of rotatable bonds is 2. The lowest BCUT2D eigenvalue weighted by Gasteiger charge is -2.12. The summed E-state index contributed by atoms with van der Waals surface area (Å²) in [5.74, 6) is 0.0738. The van der Waals surface area contributed by atoms with E-state index in [0.29, 0.717) is 10.0 Å². The number of phenols is 1. The summed E-state index contributed by atoms with van der Waals surface area (Å²) >= 11 is 6.44. The van der Waals surface area contributed by atoms with Crippen LogP contribution in [0.25, 0.3) is 0 Å². The zero-order chi connectivity index (χ0) is 10.0. The van der Waals surface area contributed by atoms with E-state index in [0.717, 1.165) is 4.47 Å². The summed E-state index contributed by atoms with van der Waals surface area (Å²) in [7, 11) is 0. The van der Waals surface area contributed by atoms with Crippen molar-refractivity contribution in [3.05, 3.63) is 26.6 Å². The Morgan fingerprint density at radius 1 is 1.38 bits per heavy atom. The highest BCUT2D eigenvalue weighted by atomic mass is 79.9. The van der Waals surface area contributed by atoms with Crippen molar-refractivity contribution in [1.29, 1.82) is 0 Å². The van der Waals surface area contributed by atoms with Gasteiger partial charge < -0.3 is 15.9 Å². The summed E-state index contributed by atoms with van der Waals surface area (Å²) in [4.78, 5) is 0. The lowest BCUT2D eigenvalue weighted by molar-refractivity contribution is 0.265. The second kappa shape index (κ2) is 4.41. The Kier molecular flexibility index (Phi) is 3.73. The molecule has 1 rings (SSSR count). The Labute approximate surface area is 92.8 Å². The number of aromatic hydroxyl groups is 1. The van der Waals surface area contributed by atoms with Crippen molar-refractivity contribution in [2.24, 2.45) is 5.73 Å². The van der Waals surface area contributed by atoms with Crippen molar-refractivity contribution in [1.82, 2.24) is 0 Å². The molecule has 1 aromatic rings. The van der Waals surface area contributed by atoms with Crippen LogP contribution in [0.5, 0.6) is 5.75 Å². The highest BCUT2D eigenvalue weighted by molar-refractivity contribution is 9.11. The van der Waals surface area contributed by atoms with Gasteiger partial charge in [0, 0.05) is 10.0 Å². The van der Waals surface area contributed by atoms with Crippen LogP contribution in [0.15, 0.2) is 21.1 Å².